The Kier molecular flexibility index (Phi) is 17.5. The zero-order chi connectivity index (χ0) is 16.7. The van der Waals surface area contributed by atoms with Crippen LogP contribution in [0.1, 0.15) is 19.3 Å². The third kappa shape index (κ3) is 13.1. The summed E-state index contributed by atoms with van der Waals surface area (Å²) >= 11 is 0. The van der Waals surface area contributed by atoms with E-state index < -0.39 is 44.4 Å². The van der Waals surface area contributed by atoms with Crippen LogP contribution < -0.4 is 0 Å². The molecular formula is C12H28O9. The number of hydrogen-bond donors (Lipinski definition) is 8. The molecule has 4 unspecified atom stereocenters. The van der Waals surface area contributed by atoms with Gasteiger partial charge in [0.25, 0.3) is 0 Å². The van der Waals surface area contributed by atoms with E-state index in [4.69, 9.17) is 40.9 Å². The number of aliphatic hydroxyl groups excluding tert-OH is 8. The maximum atomic E-state index is 9.10. The first-order chi connectivity index (χ1) is 9.98. The third-order valence-electron chi connectivity index (χ3n) is 2.59. The van der Waals surface area contributed by atoms with Gasteiger partial charge in [0.1, 0.15) is 25.1 Å². The van der Waals surface area contributed by atoms with Crippen molar-refractivity contribution in [3.8, 4) is 0 Å². The molecular weight excluding hydrogens is 288 g/mol. The van der Waals surface area contributed by atoms with Crippen molar-refractivity contribution < 1.29 is 45.6 Å². The molecule has 0 rings (SSSR count). The fourth-order valence-corrected chi connectivity index (χ4v) is 1.29. The molecule has 0 saturated carbocycles. The molecule has 0 radical (unpaired) electrons. The topological polar surface area (TPSA) is 171 Å². The van der Waals surface area contributed by atoms with Crippen molar-refractivity contribution in [2.75, 3.05) is 33.2 Å². The first kappa shape index (κ1) is 22.9. The van der Waals surface area contributed by atoms with Gasteiger partial charge in [-0.15, -0.1) is 0 Å². The minimum absolute atomic E-state index is 0.165. The normalized spacial score (nSPS) is 16.6. The first-order valence-electron chi connectivity index (χ1n) is 6.68. The molecule has 0 aromatic heterocycles. The third-order valence-corrected chi connectivity index (χ3v) is 2.59. The Labute approximate surface area is 123 Å². The van der Waals surface area contributed by atoms with Crippen molar-refractivity contribution in [2.24, 2.45) is 0 Å². The van der Waals surface area contributed by atoms with Gasteiger partial charge < -0.3 is 45.6 Å². The molecule has 0 heterocycles. The molecule has 9 heteroatoms. The Balaban J connectivity index is 0. The highest BCUT2D eigenvalue weighted by molar-refractivity contribution is 4.74. The molecule has 0 aliphatic carbocycles. The van der Waals surface area contributed by atoms with Crippen LogP contribution in [0.15, 0.2) is 0 Å². The monoisotopic (exact) mass is 316 g/mol. The van der Waals surface area contributed by atoms with E-state index in [1.807, 2.05) is 0 Å². The van der Waals surface area contributed by atoms with Gasteiger partial charge in [0.15, 0.2) is 0 Å². The Hall–Kier alpha value is -0.360. The van der Waals surface area contributed by atoms with Gasteiger partial charge in [0, 0.05) is 6.61 Å². The van der Waals surface area contributed by atoms with Gasteiger partial charge >= 0.3 is 0 Å². The predicted octanol–water partition coefficient (Wildman–Crippen LogP) is -3.47. The molecule has 8 N–H and O–H groups in total. The molecule has 9 nitrogen and oxygen atoms in total. The van der Waals surface area contributed by atoms with E-state index in [-0.39, 0.29) is 13.2 Å². The number of ether oxygens (including phenoxy) is 1. The van der Waals surface area contributed by atoms with Crippen molar-refractivity contribution in [3.63, 3.8) is 0 Å². The molecule has 21 heavy (non-hydrogen) atoms. The maximum Gasteiger partial charge on any atom is 0.144 e. The summed E-state index contributed by atoms with van der Waals surface area (Å²) in [5.41, 5.74) is 0. The van der Waals surface area contributed by atoms with Crippen LogP contribution in [0.5, 0.6) is 0 Å². The lowest BCUT2D eigenvalue weighted by molar-refractivity contribution is -0.148. The lowest BCUT2D eigenvalue weighted by Crippen LogP contribution is -2.43. The summed E-state index contributed by atoms with van der Waals surface area (Å²) in [5, 5.41) is 68.6. The van der Waals surface area contributed by atoms with Gasteiger partial charge in [-0.1, -0.05) is 0 Å². The predicted molar refractivity (Wildman–Crippen MR) is 72.2 cm³/mol. The minimum Gasteiger partial charge on any atom is -0.396 e. The molecule has 4 atom stereocenters. The van der Waals surface area contributed by atoms with Crippen molar-refractivity contribution >= 4 is 0 Å². The van der Waals surface area contributed by atoms with E-state index in [9.17, 15) is 0 Å². The van der Waals surface area contributed by atoms with Crippen LogP contribution in [0.2, 0.25) is 0 Å². The van der Waals surface area contributed by atoms with Crippen molar-refractivity contribution in [1.82, 2.24) is 0 Å². The zero-order valence-electron chi connectivity index (χ0n) is 12.0. The van der Waals surface area contributed by atoms with E-state index >= 15 is 0 Å². The van der Waals surface area contributed by atoms with Gasteiger partial charge in [-0.2, -0.15) is 0 Å². The van der Waals surface area contributed by atoms with E-state index in [0.29, 0.717) is 12.8 Å². The summed E-state index contributed by atoms with van der Waals surface area (Å²) in [4.78, 5) is 0. The highest BCUT2D eigenvalue weighted by atomic mass is 16.6. The van der Waals surface area contributed by atoms with E-state index in [2.05, 4.69) is 4.74 Å². The highest BCUT2D eigenvalue weighted by Gasteiger charge is 2.25. The van der Waals surface area contributed by atoms with Crippen LogP contribution in [0.25, 0.3) is 0 Å². The molecule has 130 valence electrons. The summed E-state index contributed by atoms with van der Waals surface area (Å²) in [6.07, 6.45) is -2.42. The Morgan fingerprint density at radius 1 is 0.762 bits per heavy atom. The molecule has 0 aromatic carbocycles. The fraction of sp³-hybridized carbons (Fsp3) is 1.00. The second-order valence-corrected chi connectivity index (χ2v) is 4.31. The number of hydrogen-bond acceptors (Lipinski definition) is 9. The van der Waals surface area contributed by atoms with Crippen LogP contribution in [0.3, 0.4) is 0 Å². The number of aliphatic hydroxyl groups is 8. The summed E-state index contributed by atoms with van der Waals surface area (Å²) in [7, 11) is 0. The summed E-state index contributed by atoms with van der Waals surface area (Å²) < 4.78 is 4.46. The number of rotatable bonds is 11. The van der Waals surface area contributed by atoms with Gasteiger partial charge in [-0.05, 0) is 19.3 Å². The Morgan fingerprint density at radius 3 is 1.76 bits per heavy atom. The average Bonchev–Trinajstić information content (AvgIpc) is 2.51. The van der Waals surface area contributed by atoms with Crippen LogP contribution in [-0.2, 0) is 4.74 Å². The standard InChI is InChI=1S/C6H14O6.C6H14O3/c7-1-4(10)6(11)5(2-8)12-3-9;7-4-2-1-3-6(9)5-8/h4-11H,1-3H2;6-9H,1-5H2. The second-order valence-electron chi connectivity index (χ2n) is 4.31. The SMILES string of the molecule is OCCCCC(O)CO.OCOC(CO)C(O)C(O)CO. The second kappa shape index (κ2) is 16.0. The molecule has 0 aliphatic heterocycles. The Bertz CT molecular complexity index is 205. The number of unbranched alkanes of at least 4 members (excludes halogenated alkanes) is 1. The van der Waals surface area contributed by atoms with Crippen LogP contribution in [0, 0.1) is 0 Å². The van der Waals surface area contributed by atoms with Crippen LogP contribution in [0.4, 0.5) is 0 Å². The Morgan fingerprint density at radius 2 is 1.38 bits per heavy atom. The molecule has 0 spiro atoms. The zero-order valence-corrected chi connectivity index (χ0v) is 12.0. The van der Waals surface area contributed by atoms with Crippen LogP contribution in [-0.4, -0.2) is 98.5 Å². The summed E-state index contributed by atoms with van der Waals surface area (Å²) in [6.45, 7) is -1.85. The highest BCUT2D eigenvalue weighted by Crippen LogP contribution is 2.03. The molecule has 0 bridgehead atoms. The summed E-state index contributed by atoms with van der Waals surface area (Å²) in [5.74, 6) is 0. The van der Waals surface area contributed by atoms with Crippen molar-refractivity contribution in [1.29, 1.82) is 0 Å². The van der Waals surface area contributed by atoms with Gasteiger partial charge in [-0.25, -0.2) is 0 Å². The van der Waals surface area contributed by atoms with Crippen LogP contribution >= 0.6 is 0 Å². The quantitative estimate of drug-likeness (QED) is 0.142. The molecule has 0 amide bonds. The molecule has 0 fully saturated rings. The van der Waals surface area contributed by atoms with Crippen molar-refractivity contribution in [2.45, 2.75) is 43.7 Å². The van der Waals surface area contributed by atoms with E-state index in [1.54, 1.807) is 0 Å². The van der Waals surface area contributed by atoms with E-state index in [1.165, 1.54) is 0 Å². The summed E-state index contributed by atoms with van der Waals surface area (Å²) in [6, 6.07) is 0. The van der Waals surface area contributed by atoms with Gasteiger partial charge in [0.2, 0.25) is 0 Å². The van der Waals surface area contributed by atoms with Gasteiger partial charge in [0.05, 0.1) is 25.9 Å². The van der Waals surface area contributed by atoms with Gasteiger partial charge in [-0.3, -0.25) is 0 Å². The largest absolute Gasteiger partial charge is 0.396 e. The molecule has 0 saturated heterocycles. The first-order valence-corrected chi connectivity index (χ1v) is 6.68. The fourth-order valence-electron chi connectivity index (χ4n) is 1.29. The molecule has 0 aliphatic rings. The van der Waals surface area contributed by atoms with E-state index in [0.717, 1.165) is 6.42 Å². The lowest BCUT2D eigenvalue weighted by atomic mass is 10.1. The minimum atomic E-state index is -1.41. The molecule has 0 aromatic rings. The average molecular weight is 316 g/mol. The lowest BCUT2D eigenvalue weighted by Gasteiger charge is -2.23. The maximum absolute atomic E-state index is 9.10. The van der Waals surface area contributed by atoms with Crippen molar-refractivity contribution in [3.05, 3.63) is 0 Å². The smallest absolute Gasteiger partial charge is 0.144 e.